The molecule has 1 unspecified atom stereocenters. The Hall–Kier alpha value is -0.800. The summed E-state index contributed by atoms with van der Waals surface area (Å²) < 4.78 is 7.87. The number of nitrogens with zero attached hydrogens (tertiary/aromatic N) is 1. The lowest BCUT2D eigenvalue weighted by atomic mass is 9.74. The van der Waals surface area contributed by atoms with Crippen molar-refractivity contribution in [3.8, 4) is 0 Å². The maximum Gasteiger partial charge on any atom is 0.0645 e. The third kappa shape index (κ3) is 2.62. The van der Waals surface area contributed by atoms with Gasteiger partial charge in [-0.15, -0.1) is 0 Å². The van der Waals surface area contributed by atoms with Crippen LogP contribution >= 0.6 is 0 Å². The highest BCUT2D eigenvalue weighted by Gasteiger charge is 2.33. The SMILES string of the molecule is CCOCCn1c(C)cc2c1CC(C)(C)CC2N. The Morgan fingerprint density at radius 1 is 1.50 bits per heavy atom. The molecule has 0 aromatic carbocycles. The number of ether oxygens (including phenoxy) is 1. The first-order valence-corrected chi connectivity index (χ1v) is 6.97. The maximum atomic E-state index is 6.31. The van der Waals surface area contributed by atoms with Gasteiger partial charge < -0.3 is 15.0 Å². The molecule has 0 saturated heterocycles. The molecule has 18 heavy (non-hydrogen) atoms. The number of fused-ring (bicyclic) bond motifs is 1. The van der Waals surface area contributed by atoms with E-state index in [4.69, 9.17) is 10.5 Å². The Labute approximate surface area is 110 Å². The van der Waals surface area contributed by atoms with Crippen LogP contribution in [-0.2, 0) is 17.7 Å². The normalized spacial score (nSPS) is 21.9. The van der Waals surface area contributed by atoms with Crippen molar-refractivity contribution in [1.29, 1.82) is 0 Å². The van der Waals surface area contributed by atoms with E-state index in [1.54, 1.807) is 0 Å². The predicted octanol–water partition coefficient (Wildman–Crippen LogP) is 2.81. The number of aromatic nitrogens is 1. The summed E-state index contributed by atoms with van der Waals surface area (Å²) in [5.74, 6) is 0. The first-order chi connectivity index (χ1) is 8.44. The van der Waals surface area contributed by atoms with E-state index in [2.05, 4.69) is 31.4 Å². The lowest BCUT2D eigenvalue weighted by molar-refractivity contribution is 0.137. The molecule has 1 aromatic heterocycles. The Morgan fingerprint density at radius 2 is 2.22 bits per heavy atom. The Bertz CT molecular complexity index is 420. The van der Waals surface area contributed by atoms with E-state index in [0.717, 1.165) is 32.6 Å². The lowest BCUT2D eigenvalue weighted by Crippen LogP contribution is -2.30. The first-order valence-electron chi connectivity index (χ1n) is 6.97. The number of nitrogens with two attached hydrogens (primary N) is 1. The van der Waals surface area contributed by atoms with E-state index >= 15 is 0 Å². The van der Waals surface area contributed by atoms with Crippen molar-refractivity contribution in [2.24, 2.45) is 11.1 Å². The average molecular weight is 250 g/mol. The Kier molecular flexibility index (Phi) is 3.83. The molecule has 1 heterocycles. The van der Waals surface area contributed by atoms with Crippen LogP contribution in [0.4, 0.5) is 0 Å². The zero-order valence-corrected chi connectivity index (χ0v) is 12.1. The van der Waals surface area contributed by atoms with Gasteiger partial charge in [-0.25, -0.2) is 0 Å². The number of rotatable bonds is 4. The van der Waals surface area contributed by atoms with E-state index in [9.17, 15) is 0 Å². The van der Waals surface area contributed by atoms with Crippen LogP contribution in [0.25, 0.3) is 0 Å². The quantitative estimate of drug-likeness (QED) is 0.835. The molecule has 0 radical (unpaired) electrons. The highest BCUT2D eigenvalue weighted by molar-refractivity contribution is 5.34. The van der Waals surface area contributed by atoms with Crippen LogP contribution in [0.15, 0.2) is 6.07 Å². The second kappa shape index (κ2) is 5.06. The third-order valence-electron chi connectivity index (χ3n) is 3.93. The molecule has 1 aliphatic carbocycles. The van der Waals surface area contributed by atoms with Crippen LogP contribution in [0.1, 0.15) is 50.2 Å². The van der Waals surface area contributed by atoms with Gasteiger partial charge in [-0.1, -0.05) is 13.8 Å². The Balaban J connectivity index is 2.26. The molecule has 1 aliphatic rings. The van der Waals surface area contributed by atoms with Gasteiger partial charge in [-0.3, -0.25) is 0 Å². The van der Waals surface area contributed by atoms with Crippen molar-refractivity contribution < 1.29 is 4.74 Å². The molecule has 0 fully saturated rings. The van der Waals surface area contributed by atoms with Crippen LogP contribution in [-0.4, -0.2) is 17.8 Å². The third-order valence-corrected chi connectivity index (χ3v) is 3.93. The predicted molar refractivity (Wildman–Crippen MR) is 74.7 cm³/mol. The topological polar surface area (TPSA) is 40.2 Å². The second-order valence-corrected chi connectivity index (χ2v) is 6.19. The summed E-state index contributed by atoms with van der Waals surface area (Å²) >= 11 is 0. The first kappa shape index (κ1) is 13.6. The summed E-state index contributed by atoms with van der Waals surface area (Å²) in [6.45, 7) is 11.3. The molecule has 3 nitrogen and oxygen atoms in total. The molecule has 0 bridgehead atoms. The van der Waals surface area contributed by atoms with Crippen molar-refractivity contribution in [2.75, 3.05) is 13.2 Å². The molecule has 2 rings (SSSR count). The maximum absolute atomic E-state index is 6.31. The van der Waals surface area contributed by atoms with Gasteiger partial charge in [0.05, 0.1) is 6.61 Å². The van der Waals surface area contributed by atoms with Gasteiger partial charge in [0.2, 0.25) is 0 Å². The zero-order valence-electron chi connectivity index (χ0n) is 12.1. The summed E-state index contributed by atoms with van der Waals surface area (Å²) in [5, 5.41) is 0. The smallest absolute Gasteiger partial charge is 0.0645 e. The van der Waals surface area contributed by atoms with Gasteiger partial charge in [0.1, 0.15) is 0 Å². The standard InChI is InChI=1S/C15H26N2O/c1-5-18-7-6-17-11(2)8-12-13(16)9-15(3,4)10-14(12)17/h8,13H,5-7,9-10,16H2,1-4H3. The van der Waals surface area contributed by atoms with Crippen molar-refractivity contribution in [3.05, 3.63) is 23.0 Å². The summed E-state index contributed by atoms with van der Waals surface area (Å²) in [6.07, 6.45) is 2.20. The number of aryl methyl sites for hydroxylation is 1. The molecule has 0 spiro atoms. The average Bonchev–Trinajstić information content (AvgIpc) is 2.56. The van der Waals surface area contributed by atoms with E-state index in [1.807, 2.05) is 6.92 Å². The molecule has 1 aromatic rings. The van der Waals surface area contributed by atoms with Crippen LogP contribution < -0.4 is 5.73 Å². The molecule has 3 heteroatoms. The highest BCUT2D eigenvalue weighted by Crippen LogP contribution is 2.40. The number of hydrogen-bond acceptors (Lipinski definition) is 2. The fourth-order valence-corrected chi connectivity index (χ4v) is 3.12. The zero-order chi connectivity index (χ0) is 13.3. The molecular formula is C15H26N2O. The Morgan fingerprint density at radius 3 is 2.89 bits per heavy atom. The number of hydrogen-bond donors (Lipinski definition) is 1. The summed E-state index contributed by atoms with van der Waals surface area (Å²) in [6, 6.07) is 2.46. The van der Waals surface area contributed by atoms with Crippen molar-refractivity contribution >= 4 is 0 Å². The minimum atomic E-state index is 0.191. The van der Waals surface area contributed by atoms with Crippen LogP contribution in [0.3, 0.4) is 0 Å². The minimum Gasteiger partial charge on any atom is -0.380 e. The fourth-order valence-electron chi connectivity index (χ4n) is 3.12. The van der Waals surface area contributed by atoms with E-state index < -0.39 is 0 Å². The second-order valence-electron chi connectivity index (χ2n) is 6.19. The molecule has 0 amide bonds. The van der Waals surface area contributed by atoms with E-state index in [0.29, 0.717) is 5.41 Å². The lowest BCUT2D eigenvalue weighted by Gasteiger charge is -2.34. The fraction of sp³-hybridized carbons (Fsp3) is 0.733. The van der Waals surface area contributed by atoms with Gasteiger partial charge in [-0.2, -0.15) is 0 Å². The van der Waals surface area contributed by atoms with E-state index in [-0.39, 0.29) is 6.04 Å². The highest BCUT2D eigenvalue weighted by atomic mass is 16.5. The molecule has 2 N–H and O–H groups in total. The van der Waals surface area contributed by atoms with Gasteiger partial charge in [-0.05, 0) is 43.7 Å². The molecule has 102 valence electrons. The van der Waals surface area contributed by atoms with Gasteiger partial charge in [0.15, 0.2) is 0 Å². The minimum absolute atomic E-state index is 0.191. The van der Waals surface area contributed by atoms with E-state index in [1.165, 1.54) is 17.0 Å². The summed E-state index contributed by atoms with van der Waals surface area (Å²) in [7, 11) is 0. The van der Waals surface area contributed by atoms with Gasteiger partial charge in [0, 0.05) is 30.6 Å². The van der Waals surface area contributed by atoms with Crippen LogP contribution in [0.2, 0.25) is 0 Å². The van der Waals surface area contributed by atoms with Crippen molar-refractivity contribution in [1.82, 2.24) is 4.57 Å². The summed E-state index contributed by atoms with van der Waals surface area (Å²) in [5.41, 5.74) is 10.7. The van der Waals surface area contributed by atoms with Crippen molar-refractivity contribution in [2.45, 2.75) is 53.1 Å². The van der Waals surface area contributed by atoms with Crippen molar-refractivity contribution in [3.63, 3.8) is 0 Å². The molecule has 0 aliphatic heterocycles. The van der Waals surface area contributed by atoms with Crippen LogP contribution in [0.5, 0.6) is 0 Å². The molecule has 1 atom stereocenters. The van der Waals surface area contributed by atoms with Gasteiger partial charge >= 0.3 is 0 Å². The van der Waals surface area contributed by atoms with Gasteiger partial charge in [0.25, 0.3) is 0 Å². The monoisotopic (exact) mass is 250 g/mol. The molecular weight excluding hydrogens is 224 g/mol. The van der Waals surface area contributed by atoms with Crippen LogP contribution in [0, 0.1) is 12.3 Å². The molecule has 0 saturated carbocycles. The largest absolute Gasteiger partial charge is 0.380 e. The summed E-state index contributed by atoms with van der Waals surface area (Å²) in [4.78, 5) is 0.